The first-order chi connectivity index (χ1) is 17.8. The van der Waals surface area contributed by atoms with Crippen molar-refractivity contribution in [3.8, 4) is 0 Å². The van der Waals surface area contributed by atoms with Crippen molar-refractivity contribution >= 4 is 52.6 Å². The summed E-state index contributed by atoms with van der Waals surface area (Å²) in [5.74, 6) is -2.57. The summed E-state index contributed by atoms with van der Waals surface area (Å²) in [5, 5.41) is 15.2. The van der Waals surface area contributed by atoms with Gasteiger partial charge in [0.05, 0.1) is 28.1 Å². The number of hydrogen-bond donors (Lipinski definition) is 4. The molecular weight excluding hydrogens is 533 g/mol. The predicted molar refractivity (Wildman–Crippen MR) is 143 cm³/mol. The number of carbonyl (C=O) groups excluding carboxylic acids is 4. The molecule has 2 aromatic rings. The van der Waals surface area contributed by atoms with E-state index in [0.717, 1.165) is 0 Å². The van der Waals surface area contributed by atoms with E-state index in [1.54, 1.807) is 68.7 Å². The summed E-state index contributed by atoms with van der Waals surface area (Å²) in [7, 11) is 1.24. The summed E-state index contributed by atoms with van der Waals surface area (Å²) in [4.78, 5) is 50.8. The summed E-state index contributed by atoms with van der Waals surface area (Å²) in [6.07, 6.45) is 0.963. The highest BCUT2D eigenvalue weighted by atomic mass is 35.5. The Bertz CT molecular complexity index is 1210. The molecule has 9 nitrogen and oxygen atoms in total. The molecule has 0 radical (unpaired) electrons. The fourth-order valence-corrected chi connectivity index (χ4v) is 5.53. The van der Waals surface area contributed by atoms with Gasteiger partial charge in [0.25, 0.3) is 5.91 Å². The first kappa shape index (κ1) is 29.4. The molecule has 204 valence electrons. The van der Waals surface area contributed by atoms with Crippen molar-refractivity contribution in [3.63, 3.8) is 0 Å². The number of benzene rings is 2. The van der Waals surface area contributed by atoms with Crippen molar-refractivity contribution in [1.82, 2.24) is 10.8 Å². The van der Waals surface area contributed by atoms with Crippen molar-refractivity contribution in [2.75, 3.05) is 12.4 Å². The van der Waals surface area contributed by atoms with Crippen LogP contribution in [0, 0.1) is 16.7 Å². The van der Waals surface area contributed by atoms with Crippen molar-refractivity contribution in [3.05, 3.63) is 63.6 Å². The molecule has 1 saturated carbocycles. The summed E-state index contributed by atoms with van der Waals surface area (Å²) in [6, 6.07) is 10.6. The number of hydrogen-bond acceptors (Lipinski definition) is 6. The molecule has 3 amide bonds. The quantitative estimate of drug-likeness (QED) is 0.214. The van der Waals surface area contributed by atoms with Gasteiger partial charge in [0, 0.05) is 18.0 Å². The number of nitrogens with one attached hydrogen (secondary N) is 3. The number of methoxy groups -OCH3 is 1. The highest BCUT2D eigenvalue weighted by Gasteiger charge is 2.58. The second kappa shape index (κ2) is 11.7. The van der Waals surface area contributed by atoms with Gasteiger partial charge in [0.2, 0.25) is 11.8 Å². The largest absolute Gasteiger partial charge is 0.467 e. The van der Waals surface area contributed by atoms with Crippen molar-refractivity contribution in [1.29, 1.82) is 0 Å². The first-order valence-corrected chi connectivity index (χ1v) is 12.8. The van der Waals surface area contributed by atoms with Gasteiger partial charge in [-0.15, -0.1) is 0 Å². The number of rotatable bonds is 8. The van der Waals surface area contributed by atoms with Crippen molar-refractivity contribution < 1.29 is 29.1 Å². The van der Waals surface area contributed by atoms with Crippen LogP contribution in [0.5, 0.6) is 0 Å². The lowest BCUT2D eigenvalue weighted by atomic mass is 9.65. The summed E-state index contributed by atoms with van der Waals surface area (Å²) < 4.78 is 4.91. The molecule has 0 bridgehead atoms. The Labute approximate surface area is 231 Å². The van der Waals surface area contributed by atoms with E-state index in [-0.39, 0.29) is 27.9 Å². The zero-order valence-corrected chi connectivity index (χ0v) is 23.1. The van der Waals surface area contributed by atoms with E-state index in [0.29, 0.717) is 24.1 Å². The molecule has 3 atom stereocenters. The van der Waals surface area contributed by atoms with E-state index < -0.39 is 40.6 Å². The fourth-order valence-electron chi connectivity index (χ4n) is 4.96. The minimum atomic E-state index is -0.968. The Morgan fingerprint density at radius 3 is 2.21 bits per heavy atom. The molecule has 0 aromatic heterocycles. The Hall–Kier alpha value is -3.14. The minimum absolute atomic E-state index is 0.143. The average molecular weight is 564 g/mol. The highest BCUT2D eigenvalue weighted by Crippen LogP contribution is 2.56. The molecule has 4 N–H and O–H groups in total. The molecule has 2 aromatic carbocycles. The molecule has 1 fully saturated rings. The number of amides is 3. The van der Waals surface area contributed by atoms with Crippen LogP contribution in [-0.4, -0.2) is 42.0 Å². The van der Waals surface area contributed by atoms with Crippen LogP contribution < -0.4 is 16.1 Å². The van der Waals surface area contributed by atoms with Crippen LogP contribution in [0.1, 0.15) is 49.5 Å². The third-order valence-electron chi connectivity index (χ3n) is 7.79. The van der Waals surface area contributed by atoms with E-state index in [2.05, 4.69) is 10.6 Å². The first-order valence-electron chi connectivity index (χ1n) is 12.0. The van der Waals surface area contributed by atoms with Gasteiger partial charge in [-0.25, -0.2) is 10.3 Å². The van der Waals surface area contributed by atoms with Crippen molar-refractivity contribution in [2.24, 2.45) is 16.7 Å². The van der Waals surface area contributed by atoms with Gasteiger partial charge in [-0.2, -0.15) is 0 Å². The van der Waals surface area contributed by atoms with Crippen LogP contribution in [0.2, 0.25) is 10.0 Å². The molecular formula is C27H31Cl2N3O6. The fraction of sp³-hybridized carbons (Fsp3) is 0.407. The SMILES string of the molecule is COC(=O)[C@H](Cc1ccc(NC(=O)c2c(Cl)cccc2Cl)cc1)NC(=O)C1CCC(C)(C(=O)NO)C1(C)C. The Morgan fingerprint density at radius 2 is 1.66 bits per heavy atom. The lowest BCUT2D eigenvalue weighted by Crippen LogP contribution is -2.51. The lowest BCUT2D eigenvalue weighted by Gasteiger charge is -2.39. The monoisotopic (exact) mass is 563 g/mol. The molecule has 11 heteroatoms. The summed E-state index contributed by atoms with van der Waals surface area (Å²) in [6.45, 7) is 5.31. The normalized spacial score (nSPS) is 20.8. The van der Waals surface area contributed by atoms with E-state index in [1.165, 1.54) is 7.11 Å². The minimum Gasteiger partial charge on any atom is -0.467 e. The van der Waals surface area contributed by atoms with Gasteiger partial charge >= 0.3 is 5.97 Å². The van der Waals surface area contributed by atoms with Gasteiger partial charge in [-0.05, 0) is 48.1 Å². The maximum absolute atomic E-state index is 13.3. The number of halogens is 2. The highest BCUT2D eigenvalue weighted by molar-refractivity contribution is 6.40. The topological polar surface area (TPSA) is 134 Å². The van der Waals surface area contributed by atoms with E-state index in [9.17, 15) is 24.4 Å². The van der Waals surface area contributed by atoms with Crippen LogP contribution in [0.25, 0.3) is 0 Å². The standard InChI is InChI=1S/C27H31Cl2N3O6/c1-26(2)17(12-13-27(26,3)25(36)32-37)22(33)31-20(24(35)38-4)14-15-8-10-16(11-9-15)30-23(34)21-18(28)6-5-7-19(21)29/h5-11,17,20,37H,12-14H2,1-4H3,(H,30,34)(H,31,33)(H,32,36)/t17?,20-,27?/m0/s1. The van der Waals surface area contributed by atoms with Gasteiger partial charge in [0.15, 0.2) is 0 Å². The van der Waals surface area contributed by atoms with Gasteiger partial charge in [-0.3, -0.25) is 19.6 Å². The Balaban J connectivity index is 1.71. The van der Waals surface area contributed by atoms with Crippen LogP contribution in [0.4, 0.5) is 5.69 Å². The average Bonchev–Trinajstić information content (AvgIpc) is 3.12. The lowest BCUT2D eigenvalue weighted by molar-refractivity contribution is -0.149. The number of anilines is 1. The molecule has 0 saturated heterocycles. The maximum atomic E-state index is 13.3. The Morgan fingerprint density at radius 1 is 1.05 bits per heavy atom. The molecule has 0 heterocycles. The molecule has 1 aliphatic carbocycles. The summed E-state index contributed by atoms with van der Waals surface area (Å²) in [5.41, 5.74) is 1.33. The third kappa shape index (κ3) is 5.80. The molecule has 38 heavy (non-hydrogen) atoms. The van der Waals surface area contributed by atoms with Gasteiger partial charge in [0.1, 0.15) is 6.04 Å². The number of hydroxylamine groups is 1. The van der Waals surface area contributed by atoms with E-state index in [1.807, 2.05) is 0 Å². The van der Waals surface area contributed by atoms with Crippen LogP contribution in [-0.2, 0) is 25.5 Å². The number of carbonyl (C=O) groups is 4. The molecule has 2 unspecified atom stereocenters. The molecule has 0 spiro atoms. The van der Waals surface area contributed by atoms with E-state index >= 15 is 0 Å². The molecule has 1 aliphatic rings. The van der Waals surface area contributed by atoms with E-state index in [4.69, 9.17) is 27.9 Å². The zero-order chi connectivity index (χ0) is 28.3. The second-order valence-corrected chi connectivity index (χ2v) is 10.9. The predicted octanol–water partition coefficient (Wildman–Crippen LogP) is 4.39. The molecule has 3 rings (SSSR count). The third-order valence-corrected chi connectivity index (χ3v) is 8.42. The zero-order valence-electron chi connectivity index (χ0n) is 21.6. The van der Waals surface area contributed by atoms with Gasteiger partial charge < -0.3 is 15.4 Å². The van der Waals surface area contributed by atoms with Crippen LogP contribution >= 0.6 is 23.2 Å². The summed E-state index contributed by atoms with van der Waals surface area (Å²) >= 11 is 12.2. The number of ether oxygens (including phenoxy) is 1. The molecule has 0 aliphatic heterocycles. The number of esters is 1. The maximum Gasteiger partial charge on any atom is 0.328 e. The van der Waals surface area contributed by atoms with Crippen LogP contribution in [0.3, 0.4) is 0 Å². The Kier molecular flexibility index (Phi) is 9.07. The van der Waals surface area contributed by atoms with Crippen molar-refractivity contribution in [2.45, 2.75) is 46.1 Å². The second-order valence-electron chi connectivity index (χ2n) is 10.1. The smallest absolute Gasteiger partial charge is 0.328 e. The van der Waals surface area contributed by atoms with Crippen LogP contribution in [0.15, 0.2) is 42.5 Å². The van der Waals surface area contributed by atoms with Gasteiger partial charge in [-0.1, -0.05) is 62.2 Å².